The van der Waals surface area contributed by atoms with Crippen LogP contribution in [-0.2, 0) is 4.74 Å². The van der Waals surface area contributed by atoms with Gasteiger partial charge in [0.25, 0.3) is 0 Å². The molecule has 0 saturated heterocycles. The van der Waals surface area contributed by atoms with E-state index in [0.29, 0.717) is 6.10 Å². The minimum absolute atomic E-state index is 0.590. The molecular formula is C26H50O. The van der Waals surface area contributed by atoms with Crippen LogP contribution >= 0.6 is 0 Å². The number of hydrogen-bond donors (Lipinski definition) is 0. The Hall–Kier alpha value is -0.0400. The molecule has 2 saturated carbocycles. The second-order valence-electron chi connectivity index (χ2n) is 9.81. The lowest BCUT2D eigenvalue weighted by Crippen LogP contribution is -2.28. The van der Waals surface area contributed by atoms with E-state index in [2.05, 4.69) is 13.8 Å². The fraction of sp³-hybridized carbons (Fsp3) is 1.00. The van der Waals surface area contributed by atoms with Crippen molar-refractivity contribution in [2.24, 2.45) is 17.8 Å². The normalized spacial score (nSPS) is 29.1. The summed E-state index contributed by atoms with van der Waals surface area (Å²) < 4.78 is 6.21. The lowest BCUT2D eigenvalue weighted by Gasteiger charge is -2.38. The molecule has 2 rings (SSSR count). The summed E-state index contributed by atoms with van der Waals surface area (Å²) in [5.41, 5.74) is 0. The molecule has 0 unspecified atom stereocenters. The Bertz CT molecular complexity index is 323. The van der Waals surface area contributed by atoms with E-state index in [1.807, 2.05) is 0 Å². The van der Waals surface area contributed by atoms with Crippen LogP contribution in [0.25, 0.3) is 0 Å². The number of unbranched alkanes of at least 4 members (excludes halogenated alkanes) is 8. The Labute approximate surface area is 171 Å². The van der Waals surface area contributed by atoms with Crippen molar-refractivity contribution in [1.29, 1.82) is 0 Å². The van der Waals surface area contributed by atoms with Crippen molar-refractivity contribution in [3.8, 4) is 0 Å². The molecule has 27 heavy (non-hydrogen) atoms. The van der Waals surface area contributed by atoms with Crippen LogP contribution in [0.4, 0.5) is 0 Å². The van der Waals surface area contributed by atoms with Gasteiger partial charge >= 0.3 is 0 Å². The monoisotopic (exact) mass is 378 g/mol. The maximum absolute atomic E-state index is 6.21. The van der Waals surface area contributed by atoms with Gasteiger partial charge in [0.05, 0.1) is 6.10 Å². The number of hydrogen-bond acceptors (Lipinski definition) is 1. The van der Waals surface area contributed by atoms with Gasteiger partial charge in [-0.25, -0.2) is 0 Å². The van der Waals surface area contributed by atoms with Gasteiger partial charge in [-0.3, -0.25) is 0 Å². The quantitative estimate of drug-likeness (QED) is 0.275. The van der Waals surface area contributed by atoms with Crippen molar-refractivity contribution in [1.82, 2.24) is 0 Å². The Balaban J connectivity index is 1.47. The number of ether oxygens (including phenoxy) is 1. The van der Waals surface area contributed by atoms with E-state index < -0.39 is 0 Å². The molecule has 0 radical (unpaired) electrons. The minimum atomic E-state index is 0.590. The van der Waals surface area contributed by atoms with E-state index in [1.165, 1.54) is 122 Å². The van der Waals surface area contributed by atoms with Crippen LogP contribution < -0.4 is 0 Å². The van der Waals surface area contributed by atoms with Crippen LogP contribution in [0.3, 0.4) is 0 Å². The van der Waals surface area contributed by atoms with Gasteiger partial charge in [0.1, 0.15) is 0 Å². The SMILES string of the molecule is CCCCCCCCO[C@H]1CC[C@H](C2CCC(CCCCCC)CC2)CC1. The minimum Gasteiger partial charge on any atom is -0.378 e. The van der Waals surface area contributed by atoms with Gasteiger partial charge in [-0.1, -0.05) is 90.9 Å². The zero-order valence-corrected chi connectivity index (χ0v) is 18.9. The highest BCUT2D eigenvalue weighted by Gasteiger charge is 2.30. The van der Waals surface area contributed by atoms with Crippen molar-refractivity contribution in [2.75, 3.05) is 6.61 Å². The fourth-order valence-corrected chi connectivity index (χ4v) is 5.67. The molecule has 1 nitrogen and oxygen atoms in total. The average Bonchev–Trinajstić information content (AvgIpc) is 2.71. The van der Waals surface area contributed by atoms with E-state index >= 15 is 0 Å². The number of rotatable bonds is 14. The van der Waals surface area contributed by atoms with E-state index in [-0.39, 0.29) is 0 Å². The average molecular weight is 379 g/mol. The summed E-state index contributed by atoms with van der Waals surface area (Å²) in [6, 6.07) is 0. The standard InChI is InChI=1S/C26H50O/c1-3-5-7-9-10-12-22-27-26-20-18-25(19-21-26)24-16-14-23(15-17-24)13-11-8-6-4-2/h23-26H,3-22H2,1-2H3/t23?,24?,25-,26-. The van der Waals surface area contributed by atoms with Crippen molar-refractivity contribution >= 4 is 0 Å². The van der Waals surface area contributed by atoms with Gasteiger partial charge in [0, 0.05) is 6.61 Å². The third-order valence-corrected chi connectivity index (χ3v) is 7.59. The van der Waals surface area contributed by atoms with Crippen LogP contribution in [0.2, 0.25) is 0 Å². The molecule has 0 heterocycles. The lowest BCUT2D eigenvalue weighted by molar-refractivity contribution is 0.00526. The molecule has 160 valence electrons. The predicted molar refractivity (Wildman–Crippen MR) is 119 cm³/mol. The van der Waals surface area contributed by atoms with Crippen LogP contribution in [0.5, 0.6) is 0 Å². The molecule has 0 bridgehead atoms. The van der Waals surface area contributed by atoms with Crippen LogP contribution in [0, 0.1) is 17.8 Å². The van der Waals surface area contributed by atoms with E-state index in [9.17, 15) is 0 Å². The molecule has 2 aliphatic rings. The van der Waals surface area contributed by atoms with Gasteiger partial charge in [-0.2, -0.15) is 0 Å². The summed E-state index contributed by atoms with van der Waals surface area (Å²) in [6.45, 7) is 5.63. The van der Waals surface area contributed by atoms with E-state index in [4.69, 9.17) is 4.74 Å². The Morgan fingerprint density at radius 1 is 0.556 bits per heavy atom. The highest BCUT2D eigenvalue weighted by atomic mass is 16.5. The Morgan fingerprint density at radius 2 is 1.07 bits per heavy atom. The summed E-state index contributed by atoms with van der Waals surface area (Å²) in [7, 11) is 0. The van der Waals surface area contributed by atoms with Crippen molar-refractivity contribution in [3.05, 3.63) is 0 Å². The molecule has 2 aliphatic carbocycles. The molecule has 0 aromatic rings. The summed E-state index contributed by atoms with van der Waals surface area (Å²) in [5, 5.41) is 0. The van der Waals surface area contributed by atoms with E-state index in [1.54, 1.807) is 0 Å². The van der Waals surface area contributed by atoms with Gasteiger partial charge < -0.3 is 4.74 Å². The lowest BCUT2D eigenvalue weighted by atomic mass is 9.70. The van der Waals surface area contributed by atoms with Gasteiger partial charge in [-0.15, -0.1) is 0 Å². The van der Waals surface area contributed by atoms with Gasteiger partial charge in [-0.05, 0) is 62.7 Å². The molecule has 0 spiro atoms. The van der Waals surface area contributed by atoms with Crippen molar-refractivity contribution in [3.63, 3.8) is 0 Å². The molecule has 0 amide bonds. The molecular weight excluding hydrogens is 328 g/mol. The summed E-state index contributed by atoms with van der Waals surface area (Å²) in [5.74, 6) is 3.14. The highest BCUT2D eigenvalue weighted by molar-refractivity contribution is 4.82. The smallest absolute Gasteiger partial charge is 0.0575 e. The van der Waals surface area contributed by atoms with E-state index in [0.717, 1.165) is 24.4 Å². The van der Waals surface area contributed by atoms with Gasteiger partial charge in [0.2, 0.25) is 0 Å². The summed E-state index contributed by atoms with van der Waals surface area (Å²) >= 11 is 0. The third kappa shape index (κ3) is 9.82. The molecule has 2 fully saturated rings. The maximum atomic E-state index is 6.21. The van der Waals surface area contributed by atoms with Crippen LogP contribution in [0.15, 0.2) is 0 Å². The molecule has 1 heteroatoms. The predicted octanol–water partition coefficient (Wildman–Crippen LogP) is 8.70. The first kappa shape index (κ1) is 23.2. The van der Waals surface area contributed by atoms with Crippen LogP contribution in [-0.4, -0.2) is 12.7 Å². The summed E-state index contributed by atoms with van der Waals surface area (Å²) in [4.78, 5) is 0. The first-order valence-corrected chi connectivity index (χ1v) is 12.9. The maximum Gasteiger partial charge on any atom is 0.0575 e. The third-order valence-electron chi connectivity index (χ3n) is 7.59. The fourth-order valence-electron chi connectivity index (χ4n) is 5.67. The van der Waals surface area contributed by atoms with Crippen molar-refractivity contribution < 1.29 is 4.74 Å². The van der Waals surface area contributed by atoms with Crippen LogP contribution in [0.1, 0.15) is 136 Å². The summed E-state index contributed by atoms with van der Waals surface area (Å²) in [6.07, 6.45) is 27.9. The molecule has 0 aromatic heterocycles. The Morgan fingerprint density at radius 3 is 1.70 bits per heavy atom. The second-order valence-corrected chi connectivity index (χ2v) is 9.81. The second kappa shape index (κ2) is 14.9. The zero-order chi connectivity index (χ0) is 19.2. The largest absolute Gasteiger partial charge is 0.378 e. The Kier molecular flexibility index (Phi) is 12.8. The van der Waals surface area contributed by atoms with Crippen molar-refractivity contribution in [2.45, 2.75) is 142 Å². The zero-order valence-electron chi connectivity index (χ0n) is 18.9. The molecule has 0 atom stereocenters. The molecule has 0 aliphatic heterocycles. The first-order chi connectivity index (χ1) is 13.3. The van der Waals surface area contributed by atoms with Gasteiger partial charge in [0.15, 0.2) is 0 Å². The molecule has 0 N–H and O–H groups in total. The topological polar surface area (TPSA) is 9.23 Å². The first-order valence-electron chi connectivity index (χ1n) is 12.9. The molecule has 0 aromatic carbocycles. The highest BCUT2D eigenvalue weighted by Crippen LogP contribution is 2.41.